The van der Waals surface area contributed by atoms with Crippen LogP contribution in [0.25, 0.3) is 16.8 Å². The van der Waals surface area contributed by atoms with Crippen LogP contribution in [0.5, 0.6) is 0 Å². The van der Waals surface area contributed by atoms with Gasteiger partial charge in [0, 0.05) is 24.7 Å². The van der Waals surface area contributed by atoms with Gasteiger partial charge in [-0.2, -0.15) is 0 Å². The summed E-state index contributed by atoms with van der Waals surface area (Å²) in [5.74, 6) is 0. The van der Waals surface area contributed by atoms with E-state index in [-0.39, 0.29) is 0 Å². The van der Waals surface area contributed by atoms with Gasteiger partial charge >= 0.3 is 0 Å². The topological polar surface area (TPSA) is 37.4 Å². The fraction of sp³-hybridized carbons (Fsp3) is 0.188. The number of nitrogens with zero attached hydrogens (tertiary/aromatic N) is 1. The Morgan fingerprint density at radius 1 is 1.15 bits per heavy atom. The van der Waals surface area contributed by atoms with Crippen molar-refractivity contribution in [2.75, 3.05) is 19.0 Å². The number of carbonyl (C=O) groups is 1. The van der Waals surface area contributed by atoms with Crippen LogP contribution < -0.4 is 4.90 Å². The number of hydrogen-bond donors (Lipinski definition) is 0. The van der Waals surface area contributed by atoms with Crippen molar-refractivity contribution in [3.63, 3.8) is 0 Å². The van der Waals surface area contributed by atoms with E-state index in [0.29, 0.717) is 0 Å². The molecule has 2 aromatic carbocycles. The summed E-state index contributed by atoms with van der Waals surface area (Å²) in [4.78, 5) is 13.7. The first-order valence-electron chi connectivity index (χ1n) is 6.39. The maximum absolute atomic E-state index is 12.3. The number of aldehydes is 1. The average molecular weight is 285 g/mol. The van der Waals surface area contributed by atoms with E-state index < -0.39 is 16.0 Å². The van der Waals surface area contributed by atoms with E-state index in [2.05, 4.69) is 18.2 Å². The normalized spacial score (nSPS) is 20.7. The van der Waals surface area contributed by atoms with Crippen molar-refractivity contribution < 1.29 is 9.00 Å². The molecule has 0 N–H and O–H groups in total. The molecule has 0 fully saturated rings. The first kappa shape index (κ1) is 13.1. The Kier molecular flexibility index (Phi) is 3.18. The molecule has 0 saturated heterocycles. The molecule has 0 bridgehead atoms. The number of hydrogen-bond acceptors (Lipinski definition) is 3. The first-order chi connectivity index (χ1) is 9.60. The molecule has 1 aliphatic rings. The maximum Gasteiger partial charge on any atom is 0.139 e. The maximum atomic E-state index is 12.3. The van der Waals surface area contributed by atoms with Crippen LogP contribution in [0.1, 0.15) is 5.56 Å². The molecule has 3 nitrogen and oxygen atoms in total. The van der Waals surface area contributed by atoms with E-state index in [1.165, 1.54) is 0 Å². The summed E-state index contributed by atoms with van der Waals surface area (Å²) >= 11 is 0. The fourth-order valence-electron chi connectivity index (χ4n) is 2.38. The second kappa shape index (κ2) is 4.87. The molecule has 1 aliphatic heterocycles. The zero-order chi connectivity index (χ0) is 14.3. The van der Waals surface area contributed by atoms with Gasteiger partial charge in [-0.25, -0.2) is 0 Å². The Morgan fingerprint density at radius 2 is 1.95 bits per heavy atom. The third-order valence-corrected chi connectivity index (χ3v) is 5.08. The van der Waals surface area contributed by atoms with Crippen LogP contribution in [-0.4, -0.2) is 29.8 Å². The van der Waals surface area contributed by atoms with Crippen molar-refractivity contribution in [3.05, 3.63) is 42.0 Å². The van der Waals surface area contributed by atoms with Gasteiger partial charge < -0.3 is 9.69 Å². The van der Waals surface area contributed by atoms with Crippen molar-refractivity contribution in [2.45, 2.75) is 10.1 Å². The molecule has 0 amide bonds. The van der Waals surface area contributed by atoms with Gasteiger partial charge in [0.1, 0.15) is 11.5 Å². The Bertz CT molecular complexity index is 749. The minimum Gasteiger partial charge on any atom is -0.378 e. The molecule has 2 unspecified atom stereocenters. The molecule has 3 rings (SSSR count). The second-order valence-corrected chi connectivity index (χ2v) is 6.65. The number of benzene rings is 2. The molecule has 0 saturated carbocycles. The van der Waals surface area contributed by atoms with Crippen LogP contribution in [0.4, 0.5) is 5.69 Å². The van der Waals surface area contributed by atoms with E-state index in [1.807, 2.05) is 37.2 Å². The van der Waals surface area contributed by atoms with Crippen molar-refractivity contribution >= 4 is 39.6 Å². The van der Waals surface area contributed by atoms with Crippen LogP contribution in [-0.2, 0) is 15.6 Å². The highest BCUT2D eigenvalue weighted by Crippen LogP contribution is 2.30. The predicted octanol–water partition coefficient (Wildman–Crippen LogP) is 2.61. The van der Waals surface area contributed by atoms with Crippen molar-refractivity contribution in [1.29, 1.82) is 0 Å². The molecule has 20 heavy (non-hydrogen) atoms. The Morgan fingerprint density at radius 3 is 2.65 bits per heavy atom. The lowest BCUT2D eigenvalue weighted by molar-refractivity contribution is -0.106. The molecule has 4 heteroatoms. The van der Waals surface area contributed by atoms with E-state index in [1.54, 1.807) is 6.08 Å². The van der Waals surface area contributed by atoms with Gasteiger partial charge in [0.2, 0.25) is 0 Å². The van der Waals surface area contributed by atoms with Gasteiger partial charge in [-0.05, 0) is 40.6 Å². The van der Waals surface area contributed by atoms with Gasteiger partial charge in [0.05, 0.1) is 10.8 Å². The van der Waals surface area contributed by atoms with Gasteiger partial charge in [-0.1, -0.05) is 18.2 Å². The summed E-state index contributed by atoms with van der Waals surface area (Å²) in [5, 5.41) is 1.63. The van der Waals surface area contributed by atoms with Crippen molar-refractivity contribution in [3.8, 4) is 0 Å². The third kappa shape index (κ3) is 2.06. The Hall–Kier alpha value is -1.94. The summed E-state index contributed by atoms with van der Waals surface area (Å²) < 4.78 is 12.3. The van der Waals surface area contributed by atoms with Gasteiger partial charge in [0.15, 0.2) is 0 Å². The molecule has 0 aliphatic carbocycles. The highest BCUT2D eigenvalue weighted by Gasteiger charge is 2.21. The number of carbonyl (C=O) groups excluding carboxylic acids is 1. The predicted molar refractivity (Wildman–Crippen MR) is 83.6 cm³/mol. The summed E-state index contributed by atoms with van der Waals surface area (Å²) in [7, 11) is 2.68. The molecule has 0 spiro atoms. The number of anilines is 1. The Labute approximate surface area is 120 Å². The minimum atomic E-state index is -1.29. The zero-order valence-corrected chi connectivity index (χ0v) is 12.2. The largest absolute Gasteiger partial charge is 0.378 e. The average Bonchev–Trinajstić information content (AvgIpc) is 2.45. The smallest absolute Gasteiger partial charge is 0.139 e. The van der Waals surface area contributed by atoms with Crippen molar-refractivity contribution in [1.82, 2.24) is 0 Å². The second-order valence-electron chi connectivity index (χ2n) is 5.07. The van der Waals surface area contributed by atoms with E-state index in [0.717, 1.165) is 33.2 Å². The molecule has 1 heterocycles. The highest BCUT2D eigenvalue weighted by molar-refractivity contribution is 7.86. The monoisotopic (exact) mass is 285 g/mol. The van der Waals surface area contributed by atoms with Crippen LogP contribution >= 0.6 is 0 Å². The third-order valence-electron chi connectivity index (χ3n) is 3.53. The van der Waals surface area contributed by atoms with Crippen LogP contribution in [0.15, 0.2) is 41.3 Å². The summed E-state index contributed by atoms with van der Waals surface area (Å²) in [6, 6.07) is 10.2. The lowest BCUT2D eigenvalue weighted by Crippen LogP contribution is -2.17. The Balaban J connectivity index is 2.21. The van der Waals surface area contributed by atoms with Gasteiger partial charge in [-0.3, -0.25) is 4.21 Å². The summed E-state index contributed by atoms with van der Waals surface area (Å²) in [6.45, 7) is 0. The van der Waals surface area contributed by atoms with E-state index >= 15 is 0 Å². The van der Waals surface area contributed by atoms with E-state index in [9.17, 15) is 9.00 Å². The zero-order valence-electron chi connectivity index (χ0n) is 11.4. The molecule has 0 aromatic heterocycles. The van der Waals surface area contributed by atoms with Crippen LogP contribution in [0.2, 0.25) is 0 Å². The summed E-state index contributed by atoms with van der Waals surface area (Å²) in [6.07, 6.45) is 4.34. The lowest BCUT2D eigenvalue weighted by Gasteiger charge is -2.17. The number of fused-ring (bicyclic) bond motifs is 2. The SMILES string of the molecule is CN(C)c1ccc2cc3c(cc2c1)S(=O)C(C=O)C=C3. The lowest BCUT2D eigenvalue weighted by atomic mass is 10.0. The van der Waals surface area contributed by atoms with Gasteiger partial charge in [0.25, 0.3) is 0 Å². The fourth-order valence-corrected chi connectivity index (χ4v) is 3.59. The highest BCUT2D eigenvalue weighted by atomic mass is 32.2. The standard InChI is InChI=1S/C16H15NO2S/c1-17(2)14-5-3-11-7-12-4-6-15(10-18)20(19)16(12)9-13(11)8-14/h3-10,15H,1-2H3. The summed E-state index contributed by atoms with van der Waals surface area (Å²) in [5.41, 5.74) is 2.04. The first-order valence-corrected chi connectivity index (χ1v) is 7.60. The molecular formula is C16H15NO2S. The molecular weight excluding hydrogens is 270 g/mol. The van der Waals surface area contributed by atoms with Gasteiger partial charge in [-0.15, -0.1) is 0 Å². The molecule has 2 aromatic rings. The molecule has 0 radical (unpaired) electrons. The quantitative estimate of drug-likeness (QED) is 0.796. The van der Waals surface area contributed by atoms with Crippen LogP contribution in [0, 0.1) is 0 Å². The van der Waals surface area contributed by atoms with Crippen molar-refractivity contribution in [2.24, 2.45) is 0 Å². The van der Waals surface area contributed by atoms with E-state index in [4.69, 9.17) is 0 Å². The molecule has 2 atom stereocenters. The minimum absolute atomic E-state index is 0.531. The van der Waals surface area contributed by atoms with Crippen LogP contribution in [0.3, 0.4) is 0 Å². The molecule has 102 valence electrons. The number of rotatable bonds is 2.